The minimum Gasteiger partial charge on any atom is -0.362 e. The van der Waals surface area contributed by atoms with Crippen LogP contribution in [-0.4, -0.2) is 24.1 Å². The van der Waals surface area contributed by atoms with Gasteiger partial charge in [-0.05, 0) is 29.8 Å². The minimum atomic E-state index is 0.976. The fourth-order valence-electron chi connectivity index (χ4n) is 1.51. The number of hydrogen-bond donors (Lipinski definition) is 0. The largest absolute Gasteiger partial charge is 0.362 e. The van der Waals surface area contributed by atoms with Crippen molar-refractivity contribution < 1.29 is 0 Å². The third kappa shape index (κ3) is 1.96. The van der Waals surface area contributed by atoms with E-state index < -0.39 is 0 Å². The summed E-state index contributed by atoms with van der Waals surface area (Å²) in [4.78, 5) is 10.4. The molecule has 2 aromatic rings. The Labute approximate surface area is 89.4 Å². The molecule has 3 nitrogen and oxygen atoms in total. The molecule has 0 N–H and O–H groups in total. The summed E-state index contributed by atoms with van der Waals surface area (Å²) in [6, 6.07) is 7.99. The fourth-order valence-corrected chi connectivity index (χ4v) is 1.51. The molecule has 0 aliphatic carbocycles. The molecule has 0 spiro atoms. The number of pyridine rings is 2. The monoisotopic (exact) mass is 199 g/mol. The fraction of sp³-hybridized carbons (Fsp3) is 0.167. The van der Waals surface area contributed by atoms with Crippen molar-refractivity contribution in [2.75, 3.05) is 19.0 Å². The first-order chi connectivity index (χ1) is 7.29. The number of nitrogens with zero attached hydrogens (tertiary/aromatic N) is 3. The maximum absolute atomic E-state index is 4.36. The molecule has 0 saturated heterocycles. The van der Waals surface area contributed by atoms with E-state index in [9.17, 15) is 0 Å². The summed E-state index contributed by atoms with van der Waals surface area (Å²) >= 11 is 0. The summed E-state index contributed by atoms with van der Waals surface area (Å²) in [7, 11) is 3.99. The van der Waals surface area contributed by atoms with Gasteiger partial charge in [-0.2, -0.15) is 0 Å². The highest BCUT2D eigenvalue weighted by Gasteiger charge is 2.06. The summed E-state index contributed by atoms with van der Waals surface area (Å²) in [6.07, 6.45) is 5.39. The molecule has 3 heteroatoms. The van der Waals surface area contributed by atoms with Crippen molar-refractivity contribution in [1.29, 1.82) is 0 Å². The van der Waals surface area contributed by atoms with Crippen LogP contribution in [0.3, 0.4) is 0 Å². The molecular weight excluding hydrogens is 186 g/mol. The van der Waals surface area contributed by atoms with Gasteiger partial charge in [-0.3, -0.25) is 4.98 Å². The van der Waals surface area contributed by atoms with E-state index in [0.29, 0.717) is 0 Å². The van der Waals surface area contributed by atoms with Crippen LogP contribution in [0.25, 0.3) is 11.1 Å². The first kappa shape index (κ1) is 9.65. The second-order valence-electron chi connectivity index (χ2n) is 3.50. The summed E-state index contributed by atoms with van der Waals surface area (Å²) in [5.74, 6) is 0.976. The Balaban J connectivity index is 2.53. The van der Waals surface area contributed by atoms with E-state index in [0.717, 1.165) is 16.9 Å². The van der Waals surface area contributed by atoms with E-state index in [1.807, 2.05) is 37.2 Å². The van der Waals surface area contributed by atoms with E-state index in [2.05, 4.69) is 16.0 Å². The Morgan fingerprint density at radius 3 is 2.40 bits per heavy atom. The number of aromatic nitrogens is 2. The predicted octanol–water partition coefficient (Wildman–Crippen LogP) is 2.21. The average Bonchev–Trinajstić information content (AvgIpc) is 2.30. The molecule has 0 bridgehead atoms. The predicted molar refractivity (Wildman–Crippen MR) is 61.8 cm³/mol. The number of hydrogen-bond acceptors (Lipinski definition) is 3. The van der Waals surface area contributed by atoms with Crippen LogP contribution < -0.4 is 4.90 Å². The van der Waals surface area contributed by atoms with Crippen LogP contribution in [0.1, 0.15) is 0 Å². The maximum atomic E-state index is 4.36. The molecule has 0 aliphatic rings. The normalized spacial score (nSPS) is 10.0. The zero-order valence-corrected chi connectivity index (χ0v) is 8.88. The quantitative estimate of drug-likeness (QED) is 0.742. The second kappa shape index (κ2) is 4.09. The standard InChI is InChI=1S/C12H13N3/c1-15(2)12-11(4-3-7-14-12)10-5-8-13-9-6-10/h3-9H,1-2H3. The van der Waals surface area contributed by atoms with E-state index >= 15 is 0 Å². The van der Waals surface area contributed by atoms with Crippen LogP contribution in [0.5, 0.6) is 0 Å². The van der Waals surface area contributed by atoms with Gasteiger partial charge in [0.05, 0.1) is 0 Å². The van der Waals surface area contributed by atoms with Gasteiger partial charge in [-0.15, -0.1) is 0 Å². The lowest BCUT2D eigenvalue weighted by molar-refractivity contribution is 1.07. The second-order valence-corrected chi connectivity index (χ2v) is 3.50. The van der Waals surface area contributed by atoms with Gasteiger partial charge in [-0.1, -0.05) is 0 Å². The number of rotatable bonds is 2. The molecule has 2 heterocycles. The van der Waals surface area contributed by atoms with Gasteiger partial charge in [0.15, 0.2) is 0 Å². The average molecular weight is 199 g/mol. The molecule has 0 amide bonds. The zero-order valence-electron chi connectivity index (χ0n) is 8.88. The SMILES string of the molecule is CN(C)c1ncccc1-c1ccncc1. The van der Waals surface area contributed by atoms with Gasteiger partial charge in [0, 0.05) is 38.2 Å². The van der Waals surface area contributed by atoms with Crippen molar-refractivity contribution in [1.82, 2.24) is 9.97 Å². The van der Waals surface area contributed by atoms with E-state index in [1.54, 1.807) is 18.6 Å². The third-order valence-electron chi connectivity index (χ3n) is 2.20. The van der Waals surface area contributed by atoms with Crippen LogP contribution in [0.4, 0.5) is 5.82 Å². The Hall–Kier alpha value is -1.90. The summed E-state index contributed by atoms with van der Waals surface area (Å²) in [5.41, 5.74) is 2.27. The highest BCUT2D eigenvalue weighted by molar-refractivity contribution is 5.74. The van der Waals surface area contributed by atoms with Crippen molar-refractivity contribution in [3.8, 4) is 11.1 Å². The van der Waals surface area contributed by atoms with Crippen molar-refractivity contribution in [2.24, 2.45) is 0 Å². The molecular formula is C12H13N3. The lowest BCUT2D eigenvalue weighted by Crippen LogP contribution is -2.11. The highest BCUT2D eigenvalue weighted by atomic mass is 15.1. The van der Waals surface area contributed by atoms with Crippen molar-refractivity contribution in [3.05, 3.63) is 42.9 Å². The Morgan fingerprint density at radius 1 is 1.00 bits per heavy atom. The Morgan fingerprint density at radius 2 is 1.73 bits per heavy atom. The van der Waals surface area contributed by atoms with Gasteiger partial charge in [-0.25, -0.2) is 4.98 Å². The van der Waals surface area contributed by atoms with Gasteiger partial charge in [0.2, 0.25) is 0 Å². The highest BCUT2D eigenvalue weighted by Crippen LogP contribution is 2.26. The molecule has 0 saturated carbocycles. The molecule has 0 aliphatic heterocycles. The van der Waals surface area contributed by atoms with Gasteiger partial charge < -0.3 is 4.90 Å². The number of anilines is 1. The van der Waals surface area contributed by atoms with Crippen LogP contribution in [0.15, 0.2) is 42.9 Å². The van der Waals surface area contributed by atoms with Crippen LogP contribution in [0.2, 0.25) is 0 Å². The minimum absolute atomic E-state index is 0.976. The van der Waals surface area contributed by atoms with Gasteiger partial charge >= 0.3 is 0 Å². The molecule has 0 aromatic carbocycles. The smallest absolute Gasteiger partial charge is 0.135 e. The van der Waals surface area contributed by atoms with Crippen LogP contribution in [0, 0.1) is 0 Å². The van der Waals surface area contributed by atoms with Crippen molar-refractivity contribution >= 4 is 5.82 Å². The van der Waals surface area contributed by atoms with Crippen molar-refractivity contribution in [3.63, 3.8) is 0 Å². The van der Waals surface area contributed by atoms with Gasteiger partial charge in [0.25, 0.3) is 0 Å². The Kier molecular flexibility index (Phi) is 2.63. The summed E-state index contributed by atoms with van der Waals surface area (Å²) in [6.45, 7) is 0. The topological polar surface area (TPSA) is 29.0 Å². The first-order valence-corrected chi connectivity index (χ1v) is 4.82. The molecule has 0 atom stereocenters. The molecule has 0 radical (unpaired) electrons. The molecule has 2 rings (SSSR count). The van der Waals surface area contributed by atoms with E-state index in [1.165, 1.54) is 0 Å². The van der Waals surface area contributed by atoms with Crippen LogP contribution in [-0.2, 0) is 0 Å². The van der Waals surface area contributed by atoms with Gasteiger partial charge in [0.1, 0.15) is 5.82 Å². The van der Waals surface area contributed by atoms with E-state index in [-0.39, 0.29) is 0 Å². The zero-order chi connectivity index (χ0) is 10.7. The Bertz CT molecular complexity index is 438. The van der Waals surface area contributed by atoms with Crippen LogP contribution >= 0.6 is 0 Å². The van der Waals surface area contributed by atoms with Crippen molar-refractivity contribution in [2.45, 2.75) is 0 Å². The molecule has 0 unspecified atom stereocenters. The maximum Gasteiger partial charge on any atom is 0.135 e. The molecule has 76 valence electrons. The third-order valence-corrected chi connectivity index (χ3v) is 2.20. The molecule has 15 heavy (non-hydrogen) atoms. The lowest BCUT2D eigenvalue weighted by Gasteiger charge is -2.15. The van der Waals surface area contributed by atoms with E-state index in [4.69, 9.17) is 0 Å². The lowest BCUT2D eigenvalue weighted by atomic mass is 10.1. The summed E-state index contributed by atoms with van der Waals surface area (Å²) < 4.78 is 0. The molecule has 2 aromatic heterocycles. The first-order valence-electron chi connectivity index (χ1n) is 4.82. The molecule has 0 fully saturated rings. The summed E-state index contributed by atoms with van der Waals surface area (Å²) in [5, 5.41) is 0.